The molecule has 4 rings (SSSR count). The number of para-hydroxylation sites is 1. The normalized spacial score (nSPS) is 25.3. The van der Waals surface area contributed by atoms with Crippen LogP contribution in [-0.2, 0) is 6.42 Å². The molecule has 3 unspecified atom stereocenters. The SMILES string of the molecule is CC1CC(C)CN(C(=O)c2cccnc2N2c3ccccc3CC2C)C1. The van der Waals surface area contributed by atoms with E-state index in [1.807, 2.05) is 17.0 Å². The van der Waals surface area contributed by atoms with E-state index in [1.165, 1.54) is 17.7 Å². The molecule has 0 saturated carbocycles. The lowest BCUT2D eigenvalue weighted by atomic mass is 9.91. The maximum atomic E-state index is 13.3. The first-order chi connectivity index (χ1) is 12.5. The molecule has 1 saturated heterocycles. The molecule has 0 spiro atoms. The van der Waals surface area contributed by atoms with Gasteiger partial charge in [-0.3, -0.25) is 4.79 Å². The van der Waals surface area contributed by atoms with Crippen LogP contribution in [0.25, 0.3) is 0 Å². The van der Waals surface area contributed by atoms with Crippen molar-refractivity contribution in [2.24, 2.45) is 11.8 Å². The lowest BCUT2D eigenvalue weighted by Gasteiger charge is -2.36. The summed E-state index contributed by atoms with van der Waals surface area (Å²) in [6.07, 6.45) is 3.97. The van der Waals surface area contributed by atoms with Crippen LogP contribution in [0.3, 0.4) is 0 Å². The Balaban J connectivity index is 1.71. The Bertz CT molecular complexity index is 809. The molecule has 3 heterocycles. The summed E-state index contributed by atoms with van der Waals surface area (Å²) in [5.74, 6) is 2.01. The second-order valence-corrected chi connectivity index (χ2v) is 8.08. The number of benzene rings is 1. The standard InChI is InChI=1S/C22H27N3O/c1-15-11-16(2)14-24(13-15)22(26)19-8-6-10-23-21(19)25-17(3)12-18-7-4-5-9-20(18)25/h4-10,15-17H,11-14H2,1-3H3. The summed E-state index contributed by atoms with van der Waals surface area (Å²) in [5, 5.41) is 0. The minimum absolute atomic E-state index is 0.114. The van der Waals surface area contributed by atoms with Gasteiger partial charge in [0.25, 0.3) is 5.91 Å². The Morgan fingerprint density at radius 2 is 1.77 bits per heavy atom. The van der Waals surface area contributed by atoms with Crippen LogP contribution in [0.2, 0.25) is 0 Å². The van der Waals surface area contributed by atoms with Crippen molar-refractivity contribution in [2.45, 2.75) is 39.7 Å². The number of aromatic nitrogens is 1. The third-order valence-corrected chi connectivity index (χ3v) is 5.61. The van der Waals surface area contributed by atoms with Gasteiger partial charge >= 0.3 is 0 Å². The molecule has 0 N–H and O–H groups in total. The van der Waals surface area contributed by atoms with Crippen molar-refractivity contribution in [2.75, 3.05) is 18.0 Å². The molecule has 3 atom stereocenters. The lowest BCUT2D eigenvalue weighted by Crippen LogP contribution is -2.43. The van der Waals surface area contributed by atoms with Crippen molar-refractivity contribution in [3.8, 4) is 0 Å². The summed E-state index contributed by atoms with van der Waals surface area (Å²) in [4.78, 5) is 22.2. The third kappa shape index (κ3) is 2.98. The largest absolute Gasteiger partial charge is 0.338 e. The van der Waals surface area contributed by atoms with Crippen LogP contribution in [0.15, 0.2) is 42.6 Å². The highest BCUT2D eigenvalue weighted by Gasteiger charge is 2.33. The summed E-state index contributed by atoms with van der Waals surface area (Å²) in [5.41, 5.74) is 3.22. The minimum Gasteiger partial charge on any atom is -0.338 e. The third-order valence-electron chi connectivity index (χ3n) is 5.61. The Hall–Kier alpha value is -2.36. The number of pyridine rings is 1. The summed E-state index contributed by atoms with van der Waals surface area (Å²) >= 11 is 0. The van der Waals surface area contributed by atoms with Gasteiger partial charge in [0.05, 0.1) is 5.56 Å². The van der Waals surface area contributed by atoms with E-state index in [0.717, 1.165) is 30.9 Å². The number of likely N-dealkylation sites (tertiary alicyclic amines) is 1. The van der Waals surface area contributed by atoms with Gasteiger partial charge in [-0.25, -0.2) is 4.98 Å². The molecule has 2 aliphatic rings. The highest BCUT2D eigenvalue weighted by atomic mass is 16.2. The maximum Gasteiger partial charge on any atom is 0.257 e. The van der Waals surface area contributed by atoms with Gasteiger partial charge in [0, 0.05) is 31.0 Å². The molecule has 4 heteroatoms. The first kappa shape index (κ1) is 17.1. The molecule has 1 fully saturated rings. The van der Waals surface area contributed by atoms with Crippen LogP contribution in [-0.4, -0.2) is 34.9 Å². The molecule has 1 aromatic carbocycles. The quantitative estimate of drug-likeness (QED) is 0.812. The summed E-state index contributed by atoms with van der Waals surface area (Å²) in [7, 11) is 0. The van der Waals surface area contributed by atoms with Gasteiger partial charge in [0.2, 0.25) is 0 Å². The lowest BCUT2D eigenvalue weighted by molar-refractivity contribution is 0.0623. The molecule has 1 aromatic heterocycles. The van der Waals surface area contributed by atoms with Gasteiger partial charge < -0.3 is 9.80 Å². The number of piperidine rings is 1. The first-order valence-corrected chi connectivity index (χ1v) is 9.66. The number of amides is 1. The zero-order valence-electron chi connectivity index (χ0n) is 15.9. The van der Waals surface area contributed by atoms with Gasteiger partial charge in [-0.15, -0.1) is 0 Å². The molecule has 0 radical (unpaired) electrons. The van der Waals surface area contributed by atoms with Crippen LogP contribution in [0, 0.1) is 11.8 Å². The van der Waals surface area contributed by atoms with E-state index in [1.54, 1.807) is 6.20 Å². The average molecular weight is 349 g/mol. The van der Waals surface area contributed by atoms with Crippen LogP contribution in [0.1, 0.15) is 43.1 Å². The van der Waals surface area contributed by atoms with Crippen molar-refractivity contribution in [3.05, 3.63) is 53.7 Å². The average Bonchev–Trinajstić information content (AvgIpc) is 2.96. The number of carbonyl (C=O) groups excluding carboxylic acids is 1. The van der Waals surface area contributed by atoms with Crippen molar-refractivity contribution in [1.82, 2.24) is 9.88 Å². The number of rotatable bonds is 2. The predicted octanol–water partition coefficient (Wildman–Crippen LogP) is 4.28. The molecular weight excluding hydrogens is 322 g/mol. The Labute approximate surface area is 155 Å². The summed E-state index contributed by atoms with van der Waals surface area (Å²) in [6.45, 7) is 8.35. The number of fused-ring (bicyclic) bond motifs is 1. The molecular formula is C22H27N3O. The molecule has 0 bridgehead atoms. The zero-order valence-corrected chi connectivity index (χ0v) is 15.9. The van der Waals surface area contributed by atoms with Gasteiger partial charge in [0.15, 0.2) is 0 Å². The monoisotopic (exact) mass is 349 g/mol. The molecule has 2 aromatic rings. The Morgan fingerprint density at radius 1 is 1.04 bits per heavy atom. The van der Waals surface area contributed by atoms with Gasteiger partial charge in [0.1, 0.15) is 5.82 Å². The Kier molecular flexibility index (Phi) is 4.43. The van der Waals surface area contributed by atoms with Gasteiger partial charge in [-0.2, -0.15) is 0 Å². The fourth-order valence-corrected chi connectivity index (χ4v) is 4.64. The predicted molar refractivity (Wildman–Crippen MR) is 105 cm³/mol. The van der Waals surface area contributed by atoms with Crippen LogP contribution in [0.4, 0.5) is 11.5 Å². The number of nitrogens with zero attached hydrogens (tertiary/aromatic N) is 3. The molecule has 2 aliphatic heterocycles. The van der Waals surface area contributed by atoms with Crippen LogP contribution >= 0.6 is 0 Å². The van der Waals surface area contributed by atoms with Gasteiger partial charge in [-0.05, 0) is 55.4 Å². The number of anilines is 2. The summed E-state index contributed by atoms with van der Waals surface area (Å²) in [6, 6.07) is 12.5. The number of carbonyl (C=O) groups is 1. The van der Waals surface area contributed by atoms with E-state index in [0.29, 0.717) is 17.9 Å². The van der Waals surface area contributed by atoms with Crippen LogP contribution in [0.5, 0.6) is 0 Å². The van der Waals surface area contributed by atoms with Crippen molar-refractivity contribution < 1.29 is 4.79 Å². The topological polar surface area (TPSA) is 36.4 Å². The van der Waals surface area contributed by atoms with Crippen LogP contribution < -0.4 is 4.90 Å². The van der Waals surface area contributed by atoms with E-state index in [-0.39, 0.29) is 5.91 Å². The molecule has 136 valence electrons. The molecule has 4 nitrogen and oxygen atoms in total. The molecule has 0 aliphatic carbocycles. The Morgan fingerprint density at radius 3 is 2.54 bits per heavy atom. The summed E-state index contributed by atoms with van der Waals surface area (Å²) < 4.78 is 0. The van der Waals surface area contributed by atoms with E-state index < -0.39 is 0 Å². The number of hydrogen-bond acceptors (Lipinski definition) is 3. The van der Waals surface area contributed by atoms with E-state index in [2.05, 4.69) is 54.9 Å². The highest BCUT2D eigenvalue weighted by molar-refractivity contribution is 6.00. The van der Waals surface area contributed by atoms with Crippen molar-refractivity contribution >= 4 is 17.4 Å². The number of hydrogen-bond donors (Lipinski definition) is 0. The fourth-order valence-electron chi connectivity index (χ4n) is 4.64. The van der Waals surface area contributed by atoms with E-state index in [9.17, 15) is 4.79 Å². The smallest absolute Gasteiger partial charge is 0.257 e. The van der Waals surface area contributed by atoms with E-state index >= 15 is 0 Å². The second kappa shape index (κ2) is 6.75. The van der Waals surface area contributed by atoms with Crippen molar-refractivity contribution in [1.29, 1.82) is 0 Å². The second-order valence-electron chi connectivity index (χ2n) is 8.08. The highest BCUT2D eigenvalue weighted by Crippen LogP contribution is 2.39. The first-order valence-electron chi connectivity index (χ1n) is 9.66. The molecule has 1 amide bonds. The van der Waals surface area contributed by atoms with Crippen molar-refractivity contribution in [3.63, 3.8) is 0 Å². The minimum atomic E-state index is 0.114. The van der Waals surface area contributed by atoms with Gasteiger partial charge in [-0.1, -0.05) is 32.0 Å². The van der Waals surface area contributed by atoms with E-state index in [4.69, 9.17) is 0 Å². The fraction of sp³-hybridized carbons (Fsp3) is 0.455. The zero-order chi connectivity index (χ0) is 18.3. The maximum absolute atomic E-state index is 13.3. The molecule has 26 heavy (non-hydrogen) atoms.